The van der Waals surface area contributed by atoms with Gasteiger partial charge in [-0.3, -0.25) is 14.9 Å². The van der Waals surface area contributed by atoms with Gasteiger partial charge in [-0.15, -0.1) is 0 Å². The molecule has 0 bridgehead atoms. The summed E-state index contributed by atoms with van der Waals surface area (Å²) in [5.74, 6) is -1.77. The summed E-state index contributed by atoms with van der Waals surface area (Å²) in [6, 6.07) is 3.50. The summed E-state index contributed by atoms with van der Waals surface area (Å²) in [5, 5.41) is 15.6. The van der Waals surface area contributed by atoms with Crippen LogP contribution in [0.1, 0.15) is 11.6 Å². The van der Waals surface area contributed by atoms with Crippen LogP contribution in [0.2, 0.25) is 0 Å². The van der Waals surface area contributed by atoms with Crippen molar-refractivity contribution in [2.75, 3.05) is 6.54 Å². The Morgan fingerprint density at radius 3 is 3.13 bits per heavy atom. The quantitative estimate of drug-likeness (QED) is 0.659. The number of nitrogens with one attached hydrogen (secondary N) is 1. The predicted molar refractivity (Wildman–Crippen MR) is 53.3 cm³/mol. The molecule has 1 atom stereocenters. The van der Waals surface area contributed by atoms with Crippen molar-refractivity contribution in [3.63, 3.8) is 0 Å². The Kier molecular flexibility index (Phi) is 2.34. The van der Waals surface area contributed by atoms with E-state index in [1.165, 1.54) is 0 Å². The van der Waals surface area contributed by atoms with E-state index in [1.807, 2.05) is 0 Å². The van der Waals surface area contributed by atoms with Gasteiger partial charge in [0.05, 0.1) is 5.69 Å². The van der Waals surface area contributed by atoms with Crippen molar-refractivity contribution in [3.8, 4) is 0 Å². The van der Waals surface area contributed by atoms with Gasteiger partial charge in [0.25, 0.3) is 0 Å². The number of fused-ring (bicyclic) bond motifs is 1. The molecule has 0 saturated heterocycles. The van der Waals surface area contributed by atoms with E-state index in [1.54, 1.807) is 18.3 Å². The molecule has 4 N–H and O–H groups in total. The summed E-state index contributed by atoms with van der Waals surface area (Å²) >= 11 is 0. The van der Waals surface area contributed by atoms with Gasteiger partial charge in [-0.05, 0) is 12.1 Å². The SMILES string of the molecule is NCC(C(=O)O)c1[nH]nc2cccnc12. The van der Waals surface area contributed by atoms with Crippen LogP contribution in [0.3, 0.4) is 0 Å². The van der Waals surface area contributed by atoms with Crippen molar-refractivity contribution in [1.29, 1.82) is 0 Å². The summed E-state index contributed by atoms with van der Waals surface area (Å²) in [6.07, 6.45) is 1.59. The van der Waals surface area contributed by atoms with Gasteiger partial charge >= 0.3 is 5.97 Å². The molecule has 2 aromatic rings. The molecule has 6 nitrogen and oxygen atoms in total. The van der Waals surface area contributed by atoms with Crippen LogP contribution in [-0.4, -0.2) is 32.8 Å². The number of nitrogens with two attached hydrogens (primary N) is 1. The van der Waals surface area contributed by atoms with Gasteiger partial charge in [0, 0.05) is 12.7 Å². The normalized spacial score (nSPS) is 12.9. The number of aromatic nitrogens is 3. The molecule has 2 heterocycles. The highest BCUT2D eigenvalue weighted by Gasteiger charge is 2.23. The monoisotopic (exact) mass is 206 g/mol. The molecule has 0 saturated carbocycles. The maximum Gasteiger partial charge on any atom is 0.313 e. The van der Waals surface area contributed by atoms with Gasteiger partial charge in [-0.25, -0.2) is 0 Å². The molecule has 2 aromatic heterocycles. The molecule has 15 heavy (non-hydrogen) atoms. The molecule has 0 amide bonds. The molecule has 0 aliphatic carbocycles. The molecule has 1 unspecified atom stereocenters. The first-order chi connectivity index (χ1) is 7.24. The van der Waals surface area contributed by atoms with E-state index in [2.05, 4.69) is 15.2 Å². The average molecular weight is 206 g/mol. The van der Waals surface area contributed by atoms with Crippen molar-refractivity contribution in [3.05, 3.63) is 24.0 Å². The molecule has 0 aliphatic rings. The predicted octanol–water partition coefficient (Wildman–Crippen LogP) is 0.0848. The zero-order valence-electron chi connectivity index (χ0n) is 7.84. The van der Waals surface area contributed by atoms with Gasteiger partial charge in [-0.1, -0.05) is 0 Å². The second-order valence-corrected chi connectivity index (χ2v) is 3.13. The molecular formula is C9H10N4O2. The minimum Gasteiger partial charge on any atom is -0.481 e. The van der Waals surface area contributed by atoms with Crippen LogP contribution in [0.5, 0.6) is 0 Å². The first-order valence-corrected chi connectivity index (χ1v) is 4.46. The Morgan fingerprint density at radius 2 is 2.47 bits per heavy atom. The molecule has 0 aliphatic heterocycles. The molecule has 78 valence electrons. The van der Waals surface area contributed by atoms with E-state index < -0.39 is 11.9 Å². The minimum atomic E-state index is -0.978. The van der Waals surface area contributed by atoms with Crippen LogP contribution in [0.4, 0.5) is 0 Å². The fraction of sp³-hybridized carbons (Fsp3) is 0.222. The van der Waals surface area contributed by atoms with Crippen molar-refractivity contribution >= 4 is 17.0 Å². The number of aromatic amines is 1. The van der Waals surface area contributed by atoms with E-state index in [0.717, 1.165) is 0 Å². The van der Waals surface area contributed by atoms with Crippen molar-refractivity contribution in [2.24, 2.45) is 5.73 Å². The Bertz CT molecular complexity index is 494. The number of hydrogen-bond donors (Lipinski definition) is 3. The summed E-state index contributed by atoms with van der Waals surface area (Å²) in [4.78, 5) is 15.0. The molecule has 0 fully saturated rings. The highest BCUT2D eigenvalue weighted by Crippen LogP contribution is 2.20. The van der Waals surface area contributed by atoms with E-state index in [0.29, 0.717) is 16.7 Å². The Morgan fingerprint density at radius 1 is 1.67 bits per heavy atom. The van der Waals surface area contributed by atoms with Gasteiger partial charge in [0.1, 0.15) is 17.0 Å². The Hall–Kier alpha value is -1.95. The van der Waals surface area contributed by atoms with Crippen molar-refractivity contribution < 1.29 is 9.90 Å². The summed E-state index contributed by atoms with van der Waals surface area (Å²) < 4.78 is 0. The standard InChI is InChI=1S/C9H10N4O2/c10-4-5(9(14)15)7-8-6(12-13-7)2-1-3-11-8/h1-3,5H,4,10H2,(H,12,13)(H,14,15). The van der Waals surface area contributed by atoms with Crippen LogP contribution >= 0.6 is 0 Å². The largest absolute Gasteiger partial charge is 0.481 e. The number of hydrogen-bond acceptors (Lipinski definition) is 4. The van der Waals surface area contributed by atoms with Crippen molar-refractivity contribution in [1.82, 2.24) is 15.2 Å². The lowest BCUT2D eigenvalue weighted by Gasteiger charge is -2.06. The minimum absolute atomic E-state index is 0.0171. The third kappa shape index (κ3) is 1.55. The topological polar surface area (TPSA) is 105 Å². The molecule has 0 radical (unpaired) electrons. The smallest absolute Gasteiger partial charge is 0.313 e. The van der Waals surface area contributed by atoms with Crippen LogP contribution < -0.4 is 5.73 Å². The van der Waals surface area contributed by atoms with E-state index in [4.69, 9.17) is 10.8 Å². The third-order valence-corrected chi connectivity index (χ3v) is 2.22. The molecule has 6 heteroatoms. The van der Waals surface area contributed by atoms with Gasteiger partial charge in [-0.2, -0.15) is 5.10 Å². The van der Waals surface area contributed by atoms with E-state index in [9.17, 15) is 4.79 Å². The van der Waals surface area contributed by atoms with E-state index >= 15 is 0 Å². The molecule has 0 spiro atoms. The summed E-state index contributed by atoms with van der Waals surface area (Å²) in [7, 11) is 0. The van der Waals surface area contributed by atoms with Gasteiger partial charge in [0.15, 0.2) is 0 Å². The Balaban J connectivity index is 2.55. The third-order valence-electron chi connectivity index (χ3n) is 2.22. The molecular weight excluding hydrogens is 196 g/mol. The zero-order chi connectivity index (χ0) is 10.8. The first kappa shape index (κ1) is 9.60. The second kappa shape index (κ2) is 3.66. The number of rotatable bonds is 3. The number of H-pyrrole nitrogens is 1. The number of carboxylic acids is 1. The zero-order valence-corrected chi connectivity index (χ0v) is 7.84. The maximum atomic E-state index is 10.9. The highest BCUT2D eigenvalue weighted by molar-refractivity contribution is 5.84. The highest BCUT2D eigenvalue weighted by atomic mass is 16.4. The summed E-state index contributed by atoms with van der Waals surface area (Å²) in [6.45, 7) is 0.0171. The fourth-order valence-corrected chi connectivity index (χ4v) is 1.45. The van der Waals surface area contributed by atoms with E-state index in [-0.39, 0.29) is 6.54 Å². The number of carboxylic acid groups (broad SMARTS) is 1. The number of aliphatic carboxylic acids is 1. The van der Waals surface area contributed by atoms with Crippen LogP contribution in [0.15, 0.2) is 18.3 Å². The van der Waals surface area contributed by atoms with Crippen LogP contribution in [-0.2, 0) is 4.79 Å². The average Bonchev–Trinajstić information content (AvgIpc) is 2.63. The van der Waals surface area contributed by atoms with Gasteiger partial charge < -0.3 is 10.8 Å². The number of nitrogens with zero attached hydrogens (tertiary/aromatic N) is 2. The lowest BCUT2D eigenvalue weighted by atomic mass is 10.1. The lowest BCUT2D eigenvalue weighted by Crippen LogP contribution is -2.21. The molecule has 0 aromatic carbocycles. The van der Waals surface area contributed by atoms with Gasteiger partial charge in [0.2, 0.25) is 0 Å². The maximum absolute atomic E-state index is 10.9. The Labute approximate surface area is 85.1 Å². The van der Waals surface area contributed by atoms with Crippen molar-refractivity contribution in [2.45, 2.75) is 5.92 Å². The molecule has 2 rings (SSSR count). The second-order valence-electron chi connectivity index (χ2n) is 3.13. The number of pyridine rings is 1. The fourth-order valence-electron chi connectivity index (χ4n) is 1.45. The number of carbonyl (C=O) groups is 1. The first-order valence-electron chi connectivity index (χ1n) is 4.46. The van der Waals surface area contributed by atoms with Crippen LogP contribution in [0.25, 0.3) is 11.0 Å². The summed E-state index contributed by atoms with van der Waals surface area (Å²) in [5.41, 5.74) is 7.07. The lowest BCUT2D eigenvalue weighted by molar-refractivity contribution is -0.138. The van der Waals surface area contributed by atoms with Crippen LogP contribution in [0, 0.1) is 0 Å².